The van der Waals surface area contributed by atoms with Crippen LogP contribution in [0.4, 0.5) is 0 Å². The van der Waals surface area contributed by atoms with Gasteiger partial charge < -0.3 is 10.3 Å². The molecule has 5 rings (SSSR count). The minimum atomic E-state index is -0.448. The Labute approximate surface area is 203 Å². The summed E-state index contributed by atoms with van der Waals surface area (Å²) in [4.78, 5) is 12.2. The van der Waals surface area contributed by atoms with Crippen LogP contribution in [-0.4, -0.2) is 10.5 Å². The van der Waals surface area contributed by atoms with E-state index >= 15 is 0 Å². The summed E-state index contributed by atoms with van der Waals surface area (Å²) in [7, 11) is 0. The van der Waals surface area contributed by atoms with Crippen molar-refractivity contribution in [1.82, 2.24) is 4.57 Å². The lowest BCUT2D eigenvalue weighted by Gasteiger charge is -2.11. The highest BCUT2D eigenvalue weighted by Gasteiger charge is 2.18. The van der Waals surface area contributed by atoms with Crippen molar-refractivity contribution in [3.8, 4) is 11.1 Å². The number of rotatable bonds is 4. The first-order valence-corrected chi connectivity index (χ1v) is 11.5. The first kappa shape index (κ1) is 21.1. The number of aromatic nitrogens is 1. The molecule has 0 spiro atoms. The third kappa shape index (κ3) is 3.58. The van der Waals surface area contributed by atoms with Crippen LogP contribution >= 0.6 is 39.1 Å². The van der Waals surface area contributed by atoms with E-state index < -0.39 is 5.91 Å². The second kappa shape index (κ2) is 8.28. The number of nitrogens with two attached hydrogens (primary N) is 1. The van der Waals surface area contributed by atoms with Gasteiger partial charge in [0.15, 0.2) is 0 Å². The van der Waals surface area contributed by atoms with Crippen LogP contribution in [0.3, 0.4) is 0 Å². The third-order valence-corrected chi connectivity index (χ3v) is 6.82. The van der Waals surface area contributed by atoms with Crippen LogP contribution < -0.4 is 5.73 Å². The molecule has 0 bridgehead atoms. The van der Waals surface area contributed by atoms with E-state index in [4.69, 9.17) is 28.9 Å². The smallest absolute Gasteiger partial charge is 0.249 e. The van der Waals surface area contributed by atoms with Crippen LogP contribution in [0.15, 0.2) is 83.3 Å². The molecule has 0 atom stereocenters. The minimum Gasteiger partial charge on any atom is -0.366 e. The summed E-state index contributed by atoms with van der Waals surface area (Å²) in [5.41, 5.74) is 11.0. The Hall–Kier alpha value is -2.79. The van der Waals surface area contributed by atoms with Gasteiger partial charge in [0.05, 0.1) is 11.0 Å². The SMILES string of the molecule is NC(=O)c1cccc2c1c1ccc(-c3c(Cl)cccc3Cl)cc1n2Cc1ccc(Br)cc1. The van der Waals surface area contributed by atoms with Crippen LogP contribution in [0.5, 0.6) is 0 Å². The van der Waals surface area contributed by atoms with Gasteiger partial charge >= 0.3 is 0 Å². The van der Waals surface area contributed by atoms with Gasteiger partial charge in [-0.3, -0.25) is 4.79 Å². The Balaban J connectivity index is 1.82. The Morgan fingerprint density at radius 1 is 0.875 bits per heavy atom. The lowest BCUT2D eigenvalue weighted by molar-refractivity contribution is 0.100. The molecule has 0 radical (unpaired) electrons. The molecule has 1 amide bonds. The minimum absolute atomic E-state index is 0.448. The molecule has 4 aromatic carbocycles. The maximum absolute atomic E-state index is 12.2. The Kier molecular flexibility index (Phi) is 5.46. The Morgan fingerprint density at radius 3 is 2.25 bits per heavy atom. The predicted octanol–water partition coefficient (Wildman–Crippen LogP) is 7.68. The van der Waals surface area contributed by atoms with E-state index in [0.717, 1.165) is 43.0 Å². The molecule has 0 unspecified atom stereocenters. The molecule has 0 saturated heterocycles. The van der Waals surface area contributed by atoms with Crippen molar-refractivity contribution < 1.29 is 4.79 Å². The molecule has 158 valence electrons. The van der Waals surface area contributed by atoms with Crippen LogP contribution in [0.2, 0.25) is 10.0 Å². The zero-order chi connectivity index (χ0) is 22.4. The number of hydrogen-bond donors (Lipinski definition) is 1. The van der Waals surface area contributed by atoms with Crippen molar-refractivity contribution >= 4 is 66.8 Å². The predicted molar refractivity (Wildman–Crippen MR) is 137 cm³/mol. The average molecular weight is 524 g/mol. The van der Waals surface area contributed by atoms with Crippen molar-refractivity contribution in [3.63, 3.8) is 0 Å². The van der Waals surface area contributed by atoms with Gasteiger partial charge in [0, 0.05) is 43.0 Å². The lowest BCUT2D eigenvalue weighted by Crippen LogP contribution is -2.11. The fourth-order valence-electron chi connectivity index (χ4n) is 4.22. The normalized spacial score (nSPS) is 11.3. The van der Waals surface area contributed by atoms with Crippen LogP contribution in [0.25, 0.3) is 32.9 Å². The summed E-state index contributed by atoms with van der Waals surface area (Å²) in [6.45, 7) is 0.634. The van der Waals surface area contributed by atoms with E-state index in [1.54, 1.807) is 6.07 Å². The Bertz CT molecular complexity index is 1490. The first-order valence-electron chi connectivity index (χ1n) is 9.97. The van der Waals surface area contributed by atoms with Gasteiger partial charge in [-0.1, -0.05) is 75.5 Å². The van der Waals surface area contributed by atoms with Gasteiger partial charge in [-0.15, -0.1) is 0 Å². The van der Waals surface area contributed by atoms with Gasteiger partial charge in [0.2, 0.25) is 5.91 Å². The Morgan fingerprint density at radius 2 is 1.56 bits per heavy atom. The number of primary amides is 1. The molecule has 0 saturated carbocycles. The van der Waals surface area contributed by atoms with Gasteiger partial charge in [-0.25, -0.2) is 0 Å². The number of carbonyl (C=O) groups is 1. The monoisotopic (exact) mass is 522 g/mol. The molecule has 6 heteroatoms. The molecule has 0 aliphatic heterocycles. The molecule has 0 aliphatic rings. The highest BCUT2D eigenvalue weighted by atomic mass is 79.9. The maximum Gasteiger partial charge on any atom is 0.249 e. The lowest BCUT2D eigenvalue weighted by atomic mass is 10.0. The van der Waals surface area contributed by atoms with Crippen LogP contribution in [0, 0.1) is 0 Å². The van der Waals surface area contributed by atoms with Crippen LogP contribution in [0.1, 0.15) is 15.9 Å². The van der Waals surface area contributed by atoms with Crippen molar-refractivity contribution in [2.45, 2.75) is 6.54 Å². The number of halogens is 3. The van der Waals surface area contributed by atoms with E-state index in [9.17, 15) is 4.79 Å². The largest absolute Gasteiger partial charge is 0.366 e. The summed E-state index contributed by atoms with van der Waals surface area (Å²) >= 11 is 16.5. The van der Waals surface area contributed by atoms with E-state index in [2.05, 4.69) is 38.7 Å². The van der Waals surface area contributed by atoms with Crippen molar-refractivity contribution in [1.29, 1.82) is 0 Å². The van der Waals surface area contributed by atoms with Gasteiger partial charge in [0.25, 0.3) is 0 Å². The highest BCUT2D eigenvalue weighted by molar-refractivity contribution is 9.10. The molecule has 5 aromatic rings. The van der Waals surface area contributed by atoms with Crippen molar-refractivity contribution in [2.75, 3.05) is 0 Å². The van der Waals surface area contributed by atoms with Crippen molar-refractivity contribution in [2.24, 2.45) is 5.73 Å². The second-order valence-electron chi connectivity index (χ2n) is 7.61. The molecule has 1 heterocycles. The summed E-state index contributed by atoms with van der Waals surface area (Å²) in [5, 5.41) is 2.98. The van der Waals surface area contributed by atoms with E-state index in [1.807, 2.05) is 54.6 Å². The highest BCUT2D eigenvalue weighted by Crippen LogP contribution is 2.39. The second-order valence-corrected chi connectivity index (χ2v) is 9.34. The molecule has 1 aromatic heterocycles. The number of amides is 1. The van der Waals surface area contributed by atoms with E-state index in [-0.39, 0.29) is 0 Å². The van der Waals surface area contributed by atoms with Gasteiger partial charge in [0.1, 0.15) is 0 Å². The average Bonchev–Trinajstić information content (AvgIpc) is 3.08. The topological polar surface area (TPSA) is 48.0 Å². The number of nitrogens with zero attached hydrogens (tertiary/aromatic N) is 1. The summed E-state index contributed by atoms with van der Waals surface area (Å²) < 4.78 is 3.23. The molecular weight excluding hydrogens is 507 g/mol. The molecule has 0 fully saturated rings. The zero-order valence-corrected chi connectivity index (χ0v) is 19.9. The van der Waals surface area contributed by atoms with Crippen molar-refractivity contribution in [3.05, 3.63) is 105 Å². The zero-order valence-electron chi connectivity index (χ0n) is 16.8. The number of hydrogen-bond acceptors (Lipinski definition) is 1. The van der Waals surface area contributed by atoms with E-state index in [0.29, 0.717) is 22.2 Å². The maximum atomic E-state index is 12.2. The quantitative estimate of drug-likeness (QED) is 0.258. The number of carbonyl (C=O) groups excluding carboxylic acids is 1. The molecule has 32 heavy (non-hydrogen) atoms. The van der Waals surface area contributed by atoms with E-state index in [1.165, 1.54) is 0 Å². The fourth-order valence-corrected chi connectivity index (χ4v) is 5.10. The van der Waals surface area contributed by atoms with Gasteiger partial charge in [-0.2, -0.15) is 0 Å². The molecule has 3 nitrogen and oxygen atoms in total. The number of fused-ring (bicyclic) bond motifs is 3. The molecule has 2 N–H and O–H groups in total. The standard InChI is InChI=1S/C26H17BrCl2N2O/c27-17-10-7-15(8-11-17)14-31-22-6-1-3-19(26(30)32)25(22)18-12-9-16(13-23(18)31)24-20(28)4-2-5-21(24)29/h1-13H,14H2,(H2,30,32). The summed E-state index contributed by atoms with van der Waals surface area (Å²) in [6.07, 6.45) is 0. The molecule has 0 aliphatic carbocycles. The summed E-state index contributed by atoms with van der Waals surface area (Å²) in [6, 6.07) is 25.4. The summed E-state index contributed by atoms with van der Waals surface area (Å²) in [5.74, 6) is -0.448. The molecular formula is C26H17BrCl2N2O. The third-order valence-electron chi connectivity index (χ3n) is 5.66. The van der Waals surface area contributed by atoms with Gasteiger partial charge in [-0.05, 0) is 53.6 Å². The van der Waals surface area contributed by atoms with Crippen LogP contribution in [-0.2, 0) is 6.54 Å². The number of benzene rings is 4. The first-order chi connectivity index (χ1) is 15.4. The fraction of sp³-hybridized carbons (Fsp3) is 0.0385.